The molecule has 7 heteroatoms. The van der Waals surface area contributed by atoms with Crippen molar-refractivity contribution in [1.29, 1.82) is 0 Å². The predicted molar refractivity (Wildman–Crippen MR) is 95.0 cm³/mol. The molecule has 2 rings (SSSR count). The molecule has 134 valence electrons. The van der Waals surface area contributed by atoms with Gasteiger partial charge in [0.05, 0.1) is 25.4 Å². The molecule has 1 aliphatic rings. The maximum atomic E-state index is 12.3. The third kappa shape index (κ3) is 6.70. The third-order valence-corrected chi connectivity index (χ3v) is 4.86. The molecule has 0 radical (unpaired) electrons. The van der Waals surface area contributed by atoms with Crippen LogP contribution in [0.3, 0.4) is 0 Å². The normalized spacial score (nSPS) is 22.3. The van der Waals surface area contributed by atoms with Crippen molar-refractivity contribution in [2.45, 2.75) is 18.6 Å². The molecule has 1 aliphatic heterocycles. The number of nitrogens with zero attached hydrogens (tertiary/aromatic N) is 1. The van der Waals surface area contributed by atoms with E-state index >= 15 is 0 Å². The minimum Gasteiger partial charge on any atom is -0.379 e. The summed E-state index contributed by atoms with van der Waals surface area (Å²) in [5.74, 6) is 0. The molecule has 6 nitrogen and oxygen atoms in total. The number of benzene rings is 1. The van der Waals surface area contributed by atoms with E-state index in [9.17, 15) is 8.42 Å². The molecule has 0 aliphatic carbocycles. The molecule has 1 N–H and O–H groups in total. The van der Waals surface area contributed by atoms with Crippen molar-refractivity contribution in [3.63, 3.8) is 0 Å². The fourth-order valence-electron chi connectivity index (χ4n) is 2.38. The molecule has 1 heterocycles. The van der Waals surface area contributed by atoms with Crippen LogP contribution < -0.4 is 4.72 Å². The van der Waals surface area contributed by atoms with E-state index in [1.165, 1.54) is 5.41 Å². The lowest BCUT2D eigenvalue weighted by Gasteiger charge is -2.31. The Bertz CT molecular complexity index is 617. The topological polar surface area (TPSA) is 67.9 Å². The van der Waals surface area contributed by atoms with Crippen molar-refractivity contribution in [2.75, 3.05) is 40.5 Å². The van der Waals surface area contributed by atoms with Crippen LogP contribution in [-0.2, 0) is 19.5 Å². The second-order valence-electron chi connectivity index (χ2n) is 6.06. The summed E-state index contributed by atoms with van der Waals surface area (Å²) >= 11 is 0. The van der Waals surface area contributed by atoms with Crippen LogP contribution in [0, 0.1) is 0 Å². The van der Waals surface area contributed by atoms with E-state index in [1.807, 2.05) is 49.3 Å². The van der Waals surface area contributed by atoms with Crippen LogP contribution in [0.1, 0.15) is 12.0 Å². The van der Waals surface area contributed by atoms with Gasteiger partial charge in [0.2, 0.25) is 10.0 Å². The van der Waals surface area contributed by atoms with Crippen LogP contribution in [0.15, 0.2) is 35.7 Å². The van der Waals surface area contributed by atoms with Crippen molar-refractivity contribution < 1.29 is 17.9 Å². The van der Waals surface area contributed by atoms with Crippen LogP contribution in [0.2, 0.25) is 0 Å². The number of nitrogens with one attached hydrogen (secondary N) is 1. The monoisotopic (exact) mass is 354 g/mol. The zero-order chi connectivity index (χ0) is 17.4. The van der Waals surface area contributed by atoms with Gasteiger partial charge in [0, 0.05) is 18.6 Å². The van der Waals surface area contributed by atoms with E-state index in [0.29, 0.717) is 26.2 Å². The number of likely N-dealkylation sites (N-methyl/N-ethyl adjacent to an activating group) is 1. The Morgan fingerprint density at radius 2 is 2.08 bits per heavy atom. The highest BCUT2D eigenvalue weighted by atomic mass is 32.2. The first-order chi connectivity index (χ1) is 11.5. The van der Waals surface area contributed by atoms with Gasteiger partial charge >= 0.3 is 0 Å². The second kappa shape index (κ2) is 9.29. The first-order valence-electron chi connectivity index (χ1n) is 8.06. The first-order valence-corrected chi connectivity index (χ1v) is 9.60. The van der Waals surface area contributed by atoms with Crippen LogP contribution in [0.4, 0.5) is 0 Å². The highest BCUT2D eigenvalue weighted by molar-refractivity contribution is 7.92. The lowest BCUT2D eigenvalue weighted by Crippen LogP contribution is -2.49. The summed E-state index contributed by atoms with van der Waals surface area (Å²) in [6, 6.07) is 9.06. The Kier molecular flexibility index (Phi) is 7.39. The molecule has 0 spiro atoms. The summed E-state index contributed by atoms with van der Waals surface area (Å²) in [7, 11) is 0.405. The van der Waals surface area contributed by atoms with Gasteiger partial charge in [-0.3, -0.25) is 0 Å². The van der Waals surface area contributed by atoms with Gasteiger partial charge in [0.1, 0.15) is 0 Å². The van der Waals surface area contributed by atoms with Gasteiger partial charge < -0.3 is 14.4 Å². The van der Waals surface area contributed by atoms with Crippen molar-refractivity contribution >= 4 is 16.1 Å². The Hall–Kier alpha value is -1.25. The zero-order valence-corrected chi connectivity index (χ0v) is 15.0. The van der Waals surface area contributed by atoms with Crippen LogP contribution >= 0.6 is 0 Å². The Labute approximate surface area is 144 Å². The van der Waals surface area contributed by atoms with Gasteiger partial charge in [-0.15, -0.1) is 0 Å². The van der Waals surface area contributed by atoms with Gasteiger partial charge in [0.25, 0.3) is 0 Å². The number of ether oxygens (including phenoxy) is 2. The molecule has 0 saturated carbocycles. The van der Waals surface area contributed by atoms with E-state index < -0.39 is 10.0 Å². The molecule has 0 amide bonds. The molecule has 2 atom stereocenters. The average molecular weight is 354 g/mol. The molecule has 1 aromatic carbocycles. The molecule has 1 aromatic rings. The van der Waals surface area contributed by atoms with Crippen LogP contribution in [0.5, 0.6) is 0 Å². The lowest BCUT2D eigenvalue weighted by atomic mass is 10.1. The maximum Gasteiger partial charge on any atom is 0.234 e. The maximum absolute atomic E-state index is 12.3. The molecule has 0 aromatic heterocycles. The number of hydrogen-bond donors (Lipinski definition) is 1. The summed E-state index contributed by atoms with van der Waals surface area (Å²) in [6.07, 6.45) is 1.92. The SMILES string of the molecule is CN(C)CCO[C@@H]1COCC[C@H]1NS(=O)(=O)/C=C/c1ccccc1. The van der Waals surface area contributed by atoms with E-state index in [0.717, 1.165) is 12.1 Å². The summed E-state index contributed by atoms with van der Waals surface area (Å²) in [6.45, 7) is 2.26. The van der Waals surface area contributed by atoms with E-state index in [2.05, 4.69) is 4.72 Å². The largest absolute Gasteiger partial charge is 0.379 e. The average Bonchev–Trinajstić information content (AvgIpc) is 2.55. The summed E-state index contributed by atoms with van der Waals surface area (Å²) < 4.78 is 38.5. The first kappa shape index (κ1) is 19.1. The van der Waals surface area contributed by atoms with Gasteiger partial charge in [-0.05, 0) is 32.2 Å². The zero-order valence-electron chi connectivity index (χ0n) is 14.2. The molecular formula is C17H26N2O4S. The second-order valence-corrected chi connectivity index (χ2v) is 7.66. The van der Waals surface area contributed by atoms with Crippen molar-refractivity contribution in [3.8, 4) is 0 Å². The third-order valence-electron chi connectivity index (χ3n) is 3.73. The van der Waals surface area contributed by atoms with E-state index in [-0.39, 0.29) is 12.1 Å². The van der Waals surface area contributed by atoms with Crippen LogP contribution in [-0.4, -0.2) is 65.9 Å². The molecular weight excluding hydrogens is 328 g/mol. The summed E-state index contributed by atoms with van der Waals surface area (Å²) in [4.78, 5) is 2.02. The van der Waals surface area contributed by atoms with Gasteiger partial charge in [-0.1, -0.05) is 30.3 Å². The van der Waals surface area contributed by atoms with Gasteiger partial charge in [-0.2, -0.15) is 0 Å². The van der Waals surface area contributed by atoms with E-state index in [1.54, 1.807) is 6.08 Å². The summed E-state index contributed by atoms with van der Waals surface area (Å²) in [5, 5.41) is 1.20. The highest BCUT2D eigenvalue weighted by Crippen LogP contribution is 2.13. The number of hydrogen-bond acceptors (Lipinski definition) is 5. The molecule has 1 saturated heterocycles. The quantitative estimate of drug-likeness (QED) is 0.762. The molecule has 1 fully saturated rings. The fourth-order valence-corrected chi connectivity index (χ4v) is 3.49. The molecule has 0 unspecified atom stereocenters. The fraction of sp³-hybridized carbons (Fsp3) is 0.529. The standard InChI is InChI=1S/C17H26N2O4S/c1-19(2)10-12-23-17-14-22-11-8-16(17)18-24(20,21)13-9-15-6-4-3-5-7-15/h3-7,9,13,16-18H,8,10-12,14H2,1-2H3/b13-9+/t16-,17-/m1/s1. The lowest BCUT2D eigenvalue weighted by molar-refractivity contribution is -0.0665. The Morgan fingerprint density at radius 3 is 2.79 bits per heavy atom. The predicted octanol–water partition coefficient (Wildman–Crippen LogP) is 1.31. The molecule has 24 heavy (non-hydrogen) atoms. The summed E-state index contributed by atoms with van der Waals surface area (Å²) in [5.41, 5.74) is 0.841. The smallest absolute Gasteiger partial charge is 0.234 e. The molecule has 0 bridgehead atoms. The van der Waals surface area contributed by atoms with Crippen molar-refractivity contribution in [3.05, 3.63) is 41.3 Å². The highest BCUT2D eigenvalue weighted by Gasteiger charge is 2.29. The minimum absolute atomic E-state index is 0.265. The van der Waals surface area contributed by atoms with Crippen molar-refractivity contribution in [2.24, 2.45) is 0 Å². The van der Waals surface area contributed by atoms with Crippen LogP contribution in [0.25, 0.3) is 6.08 Å². The van der Waals surface area contributed by atoms with Gasteiger partial charge in [-0.25, -0.2) is 13.1 Å². The Morgan fingerprint density at radius 1 is 1.33 bits per heavy atom. The van der Waals surface area contributed by atoms with Crippen molar-refractivity contribution in [1.82, 2.24) is 9.62 Å². The number of sulfonamides is 1. The van der Waals surface area contributed by atoms with Gasteiger partial charge in [0.15, 0.2) is 0 Å². The Balaban J connectivity index is 1.93. The minimum atomic E-state index is -3.53. The number of rotatable bonds is 8. The van der Waals surface area contributed by atoms with E-state index in [4.69, 9.17) is 9.47 Å².